The van der Waals surface area contributed by atoms with Gasteiger partial charge in [0.1, 0.15) is 0 Å². The van der Waals surface area contributed by atoms with Crippen LogP contribution in [0.15, 0.2) is 35.0 Å². The molecule has 0 saturated heterocycles. The second kappa shape index (κ2) is 8.27. The highest BCUT2D eigenvalue weighted by Gasteiger charge is 2.31. The Labute approximate surface area is 157 Å². The van der Waals surface area contributed by atoms with Crippen molar-refractivity contribution in [3.63, 3.8) is 0 Å². The minimum Gasteiger partial charge on any atom is -0.493 e. The quantitative estimate of drug-likeness (QED) is 0.657. The van der Waals surface area contributed by atoms with Crippen molar-refractivity contribution in [3.05, 3.63) is 46.2 Å². The summed E-state index contributed by atoms with van der Waals surface area (Å²) in [6, 6.07) is 6.07. The third-order valence-corrected chi connectivity index (χ3v) is 5.04. The Morgan fingerprint density at radius 1 is 1.19 bits per heavy atom. The molecule has 0 bridgehead atoms. The number of hydrogen-bond acceptors (Lipinski definition) is 5. The molecular weight excluding hydrogens is 350 g/mol. The minimum atomic E-state index is 0.0208. The summed E-state index contributed by atoms with van der Waals surface area (Å²) in [7, 11) is 4.72. The molecular formula is C20H23NO4S. The van der Waals surface area contributed by atoms with Gasteiger partial charge in [-0.3, -0.25) is 4.79 Å². The summed E-state index contributed by atoms with van der Waals surface area (Å²) >= 11 is 1.65. The average molecular weight is 373 g/mol. The Kier molecular flexibility index (Phi) is 5.83. The number of methoxy groups -OCH3 is 3. The zero-order valence-corrected chi connectivity index (χ0v) is 16.0. The highest BCUT2D eigenvalue weighted by atomic mass is 32.1. The lowest BCUT2D eigenvalue weighted by atomic mass is 10.1. The van der Waals surface area contributed by atoms with Crippen LogP contribution in [0.2, 0.25) is 0 Å². The molecule has 0 N–H and O–H groups in total. The number of carbonyl (C=O) groups is 1. The van der Waals surface area contributed by atoms with E-state index in [-0.39, 0.29) is 5.91 Å². The molecule has 1 saturated carbocycles. The lowest BCUT2D eigenvalue weighted by molar-refractivity contribution is -0.127. The molecule has 5 nitrogen and oxygen atoms in total. The van der Waals surface area contributed by atoms with Gasteiger partial charge >= 0.3 is 0 Å². The van der Waals surface area contributed by atoms with Gasteiger partial charge in [-0.1, -0.05) is 0 Å². The van der Waals surface area contributed by atoms with E-state index in [1.165, 1.54) is 5.56 Å². The van der Waals surface area contributed by atoms with Crippen molar-refractivity contribution in [3.8, 4) is 17.2 Å². The molecule has 6 heteroatoms. The Morgan fingerprint density at radius 2 is 1.88 bits per heavy atom. The summed E-state index contributed by atoms with van der Waals surface area (Å²) in [6.07, 6.45) is 5.56. The van der Waals surface area contributed by atoms with Gasteiger partial charge in [-0.25, -0.2) is 0 Å². The van der Waals surface area contributed by atoms with E-state index in [9.17, 15) is 4.79 Å². The van der Waals surface area contributed by atoms with Crippen LogP contribution in [-0.2, 0) is 11.3 Å². The molecule has 2 aromatic rings. The van der Waals surface area contributed by atoms with Crippen molar-refractivity contribution in [1.29, 1.82) is 0 Å². The van der Waals surface area contributed by atoms with Gasteiger partial charge in [-0.2, -0.15) is 11.3 Å². The van der Waals surface area contributed by atoms with E-state index in [0.717, 1.165) is 18.4 Å². The Balaban J connectivity index is 1.78. The van der Waals surface area contributed by atoms with Gasteiger partial charge in [0.25, 0.3) is 0 Å². The van der Waals surface area contributed by atoms with Crippen LogP contribution in [0.25, 0.3) is 6.08 Å². The Bertz CT molecular complexity index is 756. The number of thiophene rings is 1. The number of hydrogen-bond donors (Lipinski definition) is 0. The third kappa shape index (κ3) is 4.19. The van der Waals surface area contributed by atoms with Gasteiger partial charge in [-0.05, 0) is 59.0 Å². The van der Waals surface area contributed by atoms with E-state index in [1.54, 1.807) is 44.8 Å². The fraction of sp³-hybridized carbons (Fsp3) is 0.350. The van der Waals surface area contributed by atoms with Crippen molar-refractivity contribution in [2.45, 2.75) is 25.4 Å². The van der Waals surface area contributed by atoms with Gasteiger partial charge in [0.05, 0.1) is 21.3 Å². The van der Waals surface area contributed by atoms with Gasteiger partial charge in [0.2, 0.25) is 11.7 Å². The first-order chi connectivity index (χ1) is 12.7. The van der Waals surface area contributed by atoms with Crippen LogP contribution in [0.5, 0.6) is 17.2 Å². The van der Waals surface area contributed by atoms with E-state index in [0.29, 0.717) is 29.8 Å². The molecule has 138 valence electrons. The zero-order valence-electron chi connectivity index (χ0n) is 15.2. The number of rotatable bonds is 8. The number of amides is 1. The minimum absolute atomic E-state index is 0.0208. The average Bonchev–Trinajstić information content (AvgIpc) is 3.38. The number of ether oxygens (including phenoxy) is 3. The summed E-state index contributed by atoms with van der Waals surface area (Å²) in [5.41, 5.74) is 2.00. The van der Waals surface area contributed by atoms with Crippen molar-refractivity contribution in [2.24, 2.45) is 0 Å². The number of carbonyl (C=O) groups excluding carboxylic acids is 1. The van der Waals surface area contributed by atoms with Crippen molar-refractivity contribution >= 4 is 23.3 Å². The molecule has 0 radical (unpaired) electrons. The molecule has 1 amide bonds. The summed E-state index contributed by atoms with van der Waals surface area (Å²) in [6.45, 7) is 0.659. The molecule has 0 unspecified atom stereocenters. The van der Waals surface area contributed by atoms with Crippen molar-refractivity contribution in [2.75, 3.05) is 21.3 Å². The van der Waals surface area contributed by atoms with E-state index in [4.69, 9.17) is 14.2 Å². The smallest absolute Gasteiger partial charge is 0.247 e. The molecule has 1 aliphatic rings. The van der Waals surface area contributed by atoms with E-state index in [2.05, 4.69) is 11.4 Å². The molecule has 1 aromatic heterocycles. The molecule has 1 fully saturated rings. The maximum Gasteiger partial charge on any atom is 0.247 e. The standard InChI is InChI=1S/C20H23NO4S/c1-23-17-10-14(11-18(24-2)20(17)25-3)4-7-19(22)21(16-5-6-16)12-15-8-9-26-13-15/h4,7-11,13,16H,5-6,12H2,1-3H3/b7-4+. The highest BCUT2D eigenvalue weighted by molar-refractivity contribution is 7.07. The van der Waals surface area contributed by atoms with Crippen LogP contribution in [-0.4, -0.2) is 38.2 Å². The third-order valence-electron chi connectivity index (χ3n) is 4.31. The SMILES string of the molecule is COc1cc(/C=C/C(=O)N(Cc2ccsc2)C2CC2)cc(OC)c1OC. The maximum atomic E-state index is 12.7. The van der Waals surface area contributed by atoms with Crippen LogP contribution in [0, 0.1) is 0 Å². The second-order valence-corrected chi connectivity index (χ2v) is 6.90. The van der Waals surface area contributed by atoms with Crippen molar-refractivity contribution in [1.82, 2.24) is 4.90 Å². The molecule has 1 heterocycles. The van der Waals surface area contributed by atoms with Crippen LogP contribution in [0.4, 0.5) is 0 Å². The second-order valence-electron chi connectivity index (χ2n) is 6.12. The van der Waals surface area contributed by atoms with Gasteiger partial charge < -0.3 is 19.1 Å². The first-order valence-electron chi connectivity index (χ1n) is 8.46. The van der Waals surface area contributed by atoms with E-state index in [1.807, 2.05) is 22.4 Å². The molecule has 0 spiro atoms. The topological polar surface area (TPSA) is 48.0 Å². The molecule has 1 aliphatic carbocycles. The first-order valence-corrected chi connectivity index (χ1v) is 9.40. The fourth-order valence-corrected chi connectivity index (χ4v) is 3.47. The fourth-order valence-electron chi connectivity index (χ4n) is 2.81. The molecule has 0 aliphatic heterocycles. The van der Waals surface area contributed by atoms with Crippen LogP contribution in [0.3, 0.4) is 0 Å². The van der Waals surface area contributed by atoms with Gasteiger partial charge in [-0.15, -0.1) is 0 Å². The summed E-state index contributed by atoms with van der Waals surface area (Å²) in [5.74, 6) is 1.69. The number of nitrogens with zero attached hydrogens (tertiary/aromatic N) is 1. The van der Waals surface area contributed by atoms with Gasteiger partial charge in [0.15, 0.2) is 11.5 Å². The molecule has 0 atom stereocenters. The van der Waals surface area contributed by atoms with Crippen LogP contribution < -0.4 is 14.2 Å². The Morgan fingerprint density at radius 3 is 2.38 bits per heavy atom. The van der Waals surface area contributed by atoms with Crippen LogP contribution in [0.1, 0.15) is 24.0 Å². The summed E-state index contributed by atoms with van der Waals surface area (Å²) in [4.78, 5) is 14.7. The number of benzene rings is 1. The lowest BCUT2D eigenvalue weighted by Crippen LogP contribution is -2.30. The predicted octanol–water partition coefficient (Wildman–Crippen LogP) is 3.98. The maximum absolute atomic E-state index is 12.7. The molecule has 1 aromatic carbocycles. The Hall–Kier alpha value is -2.47. The highest BCUT2D eigenvalue weighted by Crippen LogP contribution is 2.38. The predicted molar refractivity (Wildman–Crippen MR) is 103 cm³/mol. The van der Waals surface area contributed by atoms with Crippen LogP contribution >= 0.6 is 11.3 Å². The molecule has 3 rings (SSSR count). The van der Waals surface area contributed by atoms with Crippen molar-refractivity contribution < 1.29 is 19.0 Å². The normalized spacial score (nSPS) is 13.7. The van der Waals surface area contributed by atoms with Gasteiger partial charge in [0, 0.05) is 18.7 Å². The monoisotopic (exact) mass is 373 g/mol. The van der Waals surface area contributed by atoms with E-state index >= 15 is 0 Å². The summed E-state index contributed by atoms with van der Waals surface area (Å²) < 4.78 is 16.0. The molecule has 26 heavy (non-hydrogen) atoms. The van der Waals surface area contributed by atoms with E-state index < -0.39 is 0 Å². The first kappa shape index (κ1) is 18.3. The lowest BCUT2D eigenvalue weighted by Gasteiger charge is -2.20. The largest absolute Gasteiger partial charge is 0.493 e. The zero-order chi connectivity index (χ0) is 18.5. The summed E-state index contributed by atoms with van der Waals surface area (Å²) in [5, 5.41) is 4.13.